The zero-order chi connectivity index (χ0) is 20.5. The van der Waals surface area contributed by atoms with Crippen molar-refractivity contribution in [3.63, 3.8) is 0 Å². The molecule has 8 nitrogen and oxygen atoms in total. The largest absolute Gasteiger partial charge is 0.496 e. The molecule has 0 aromatic heterocycles. The van der Waals surface area contributed by atoms with Crippen LogP contribution in [-0.2, 0) is 9.53 Å². The highest BCUT2D eigenvalue weighted by Gasteiger charge is 2.28. The van der Waals surface area contributed by atoms with Gasteiger partial charge in [-0.25, -0.2) is 4.79 Å². The number of rotatable bonds is 7. The van der Waals surface area contributed by atoms with E-state index in [1.807, 2.05) is 0 Å². The van der Waals surface area contributed by atoms with Crippen LogP contribution in [0.1, 0.15) is 30.1 Å². The van der Waals surface area contributed by atoms with Gasteiger partial charge in [-0.05, 0) is 38.0 Å². The van der Waals surface area contributed by atoms with Crippen molar-refractivity contribution in [3.8, 4) is 5.75 Å². The fourth-order valence-corrected chi connectivity index (χ4v) is 3.21. The Morgan fingerprint density at radius 1 is 1.18 bits per heavy atom. The first-order chi connectivity index (χ1) is 13.5. The van der Waals surface area contributed by atoms with Gasteiger partial charge in [0.05, 0.1) is 19.3 Å². The number of ether oxygens (including phenoxy) is 2. The number of halogens is 1. The quantitative estimate of drug-likeness (QED) is 0.669. The summed E-state index contributed by atoms with van der Waals surface area (Å²) in [6.07, 6.45) is 0.650. The molecule has 0 unspecified atom stereocenters. The SMILES string of the molecule is CCOC(=O)NCCNC(=O)C1CCN(C(=O)c2cc(Cl)ccc2OC)CC1. The van der Waals surface area contributed by atoms with Crippen LogP contribution in [0.2, 0.25) is 5.02 Å². The summed E-state index contributed by atoms with van der Waals surface area (Å²) in [5, 5.41) is 5.81. The summed E-state index contributed by atoms with van der Waals surface area (Å²) in [4.78, 5) is 37.9. The molecule has 0 aliphatic carbocycles. The molecular formula is C19H26ClN3O5. The first-order valence-corrected chi connectivity index (χ1v) is 9.65. The van der Waals surface area contributed by atoms with E-state index in [-0.39, 0.29) is 17.7 Å². The van der Waals surface area contributed by atoms with Crippen LogP contribution in [0.3, 0.4) is 0 Å². The number of carbonyl (C=O) groups is 3. The average molecular weight is 412 g/mol. The normalized spacial score (nSPS) is 14.3. The first kappa shape index (κ1) is 21.8. The summed E-state index contributed by atoms with van der Waals surface area (Å²) >= 11 is 6.01. The summed E-state index contributed by atoms with van der Waals surface area (Å²) in [7, 11) is 1.51. The maximum absolute atomic E-state index is 12.8. The second-order valence-electron chi connectivity index (χ2n) is 6.35. The summed E-state index contributed by atoms with van der Waals surface area (Å²) in [5.74, 6) is 0.0891. The van der Waals surface area contributed by atoms with Crippen molar-refractivity contribution < 1.29 is 23.9 Å². The molecule has 1 aliphatic heterocycles. The molecule has 154 valence electrons. The number of likely N-dealkylation sites (tertiary alicyclic amines) is 1. The van der Waals surface area contributed by atoms with Gasteiger partial charge in [0.2, 0.25) is 5.91 Å². The van der Waals surface area contributed by atoms with Crippen LogP contribution in [0.5, 0.6) is 5.75 Å². The zero-order valence-corrected chi connectivity index (χ0v) is 16.9. The van der Waals surface area contributed by atoms with E-state index in [4.69, 9.17) is 21.1 Å². The van der Waals surface area contributed by atoms with E-state index < -0.39 is 6.09 Å². The summed E-state index contributed by atoms with van der Waals surface area (Å²) in [6, 6.07) is 4.93. The highest BCUT2D eigenvalue weighted by atomic mass is 35.5. The number of carbonyl (C=O) groups excluding carboxylic acids is 3. The average Bonchev–Trinajstić information content (AvgIpc) is 2.70. The molecule has 0 saturated carbocycles. The minimum absolute atomic E-state index is 0.0712. The molecule has 1 aromatic rings. The molecule has 0 radical (unpaired) electrons. The number of nitrogens with zero attached hydrogens (tertiary/aromatic N) is 1. The van der Waals surface area contributed by atoms with Gasteiger partial charge in [0.1, 0.15) is 5.75 Å². The second-order valence-corrected chi connectivity index (χ2v) is 6.79. The number of benzene rings is 1. The van der Waals surface area contributed by atoms with Crippen molar-refractivity contribution in [1.82, 2.24) is 15.5 Å². The topological polar surface area (TPSA) is 97.0 Å². The Labute approximate surface area is 169 Å². The summed E-state index contributed by atoms with van der Waals surface area (Å²) in [5.41, 5.74) is 0.419. The van der Waals surface area contributed by atoms with E-state index >= 15 is 0 Å². The predicted octanol–water partition coefficient (Wildman–Crippen LogP) is 2.06. The lowest BCUT2D eigenvalue weighted by Gasteiger charge is -2.31. The third kappa shape index (κ3) is 6.02. The van der Waals surface area contributed by atoms with E-state index in [0.29, 0.717) is 62.0 Å². The van der Waals surface area contributed by atoms with Crippen LogP contribution in [-0.4, -0.2) is 62.7 Å². The van der Waals surface area contributed by atoms with E-state index in [0.717, 1.165) is 0 Å². The second kappa shape index (κ2) is 10.8. The lowest BCUT2D eigenvalue weighted by Crippen LogP contribution is -2.44. The van der Waals surface area contributed by atoms with Crippen LogP contribution in [0.25, 0.3) is 0 Å². The molecule has 1 aliphatic rings. The predicted molar refractivity (Wildman–Crippen MR) is 105 cm³/mol. The number of piperidine rings is 1. The van der Waals surface area contributed by atoms with E-state index in [1.165, 1.54) is 7.11 Å². The van der Waals surface area contributed by atoms with Gasteiger partial charge >= 0.3 is 6.09 Å². The van der Waals surface area contributed by atoms with Gasteiger partial charge < -0.3 is 25.0 Å². The van der Waals surface area contributed by atoms with Gasteiger partial charge in [-0.15, -0.1) is 0 Å². The molecule has 28 heavy (non-hydrogen) atoms. The number of methoxy groups -OCH3 is 1. The number of nitrogens with one attached hydrogen (secondary N) is 2. The van der Waals surface area contributed by atoms with Crippen LogP contribution in [0.15, 0.2) is 18.2 Å². The van der Waals surface area contributed by atoms with Crippen LogP contribution in [0, 0.1) is 5.92 Å². The molecule has 3 amide bonds. The monoisotopic (exact) mass is 411 g/mol. The van der Waals surface area contributed by atoms with Crippen LogP contribution < -0.4 is 15.4 Å². The molecule has 0 spiro atoms. The van der Waals surface area contributed by atoms with Crippen molar-refractivity contribution in [2.45, 2.75) is 19.8 Å². The van der Waals surface area contributed by atoms with Crippen molar-refractivity contribution in [1.29, 1.82) is 0 Å². The number of alkyl carbamates (subject to hydrolysis) is 1. The molecule has 1 heterocycles. The Morgan fingerprint density at radius 3 is 2.50 bits per heavy atom. The zero-order valence-electron chi connectivity index (χ0n) is 16.1. The Morgan fingerprint density at radius 2 is 1.86 bits per heavy atom. The van der Waals surface area contributed by atoms with Crippen LogP contribution >= 0.6 is 11.6 Å². The van der Waals surface area contributed by atoms with Gasteiger partial charge in [-0.1, -0.05) is 11.6 Å². The maximum atomic E-state index is 12.8. The number of amides is 3. The molecule has 9 heteroatoms. The Hall–Kier alpha value is -2.48. The van der Waals surface area contributed by atoms with Crippen molar-refractivity contribution in [3.05, 3.63) is 28.8 Å². The maximum Gasteiger partial charge on any atom is 0.407 e. The fourth-order valence-electron chi connectivity index (χ4n) is 3.04. The number of hydrogen-bond acceptors (Lipinski definition) is 5. The van der Waals surface area contributed by atoms with Gasteiger partial charge in [-0.2, -0.15) is 0 Å². The fraction of sp³-hybridized carbons (Fsp3) is 0.526. The highest BCUT2D eigenvalue weighted by Crippen LogP contribution is 2.26. The Balaban J connectivity index is 1.79. The van der Waals surface area contributed by atoms with Crippen LogP contribution in [0.4, 0.5) is 4.79 Å². The van der Waals surface area contributed by atoms with Gasteiger partial charge in [-0.3, -0.25) is 9.59 Å². The van der Waals surface area contributed by atoms with Gasteiger partial charge in [0.15, 0.2) is 0 Å². The molecule has 2 N–H and O–H groups in total. The molecule has 0 bridgehead atoms. The molecule has 1 saturated heterocycles. The lowest BCUT2D eigenvalue weighted by atomic mass is 9.95. The number of hydrogen-bond donors (Lipinski definition) is 2. The third-order valence-corrected chi connectivity index (χ3v) is 4.75. The highest BCUT2D eigenvalue weighted by molar-refractivity contribution is 6.31. The van der Waals surface area contributed by atoms with Gasteiger partial charge in [0.25, 0.3) is 5.91 Å². The minimum atomic E-state index is -0.500. The summed E-state index contributed by atoms with van der Waals surface area (Å²) in [6.45, 7) is 3.62. The Kier molecular flexibility index (Phi) is 8.38. The van der Waals surface area contributed by atoms with Crippen molar-refractivity contribution in [2.75, 3.05) is 39.9 Å². The van der Waals surface area contributed by atoms with E-state index in [1.54, 1.807) is 30.0 Å². The lowest BCUT2D eigenvalue weighted by molar-refractivity contribution is -0.126. The van der Waals surface area contributed by atoms with E-state index in [9.17, 15) is 14.4 Å². The smallest absolute Gasteiger partial charge is 0.407 e. The standard InChI is InChI=1S/C19H26ClN3O5/c1-3-28-19(26)22-9-8-21-17(24)13-6-10-23(11-7-13)18(25)15-12-14(20)4-5-16(15)27-2/h4-5,12-13H,3,6-11H2,1-2H3,(H,21,24)(H,22,26). The Bertz CT molecular complexity index is 705. The third-order valence-electron chi connectivity index (χ3n) is 4.51. The molecular weight excluding hydrogens is 386 g/mol. The molecule has 1 aromatic carbocycles. The van der Waals surface area contributed by atoms with Crippen molar-refractivity contribution >= 4 is 29.5 Å². The molecule has 0 atom stereocenters. The minimum Gasteiger partial charge on any atom is -0.496 e. The van der Waals surface area contributed by atoms with Gasteiger partial charge in [0, 0.05) is 37.1 Å². The molecule has 2 rings (SSSR count). The van der Waals surface area contributed by atoms with Crippen molar-refractivity contribution in [2.24, 2.45) is 5.92 Å². The molecule has 1 fully saturated rings. The first-order valence-electron chi connectivity index (χ1n) is 9.27. The summed E-state index contributed by atoms with van der Waals surface area (Å²) < 4.78 is 9.99. The van der Waals surface area contributed by atoms with E-state index in [2.05, 4.69) is 10.6 Å².